The van der Waals surface area contributed by atoms with Crippen molar-refractivity contribution in [3.8, 4) is 0 Å². The van der Waals surface area contributed by atoms with Gasteiger partial charge in [-0.1, -0.05) is 6.92 Å². The molecule has 1 aliphatic rings. The Labute approximate surface area is 167 Å². The van der Waals surface area contributed by atoms with Gasteiger partial charge in [-0.05, 0) is 24.5 Å². The van der Waals surface area contributed by atoms with Crippen LogP contribution in [0.2, 0.25) is 0 Å². The lowest BCUT2D eigenvalue weighted by Gasteiger charge is -2.35. The maximum Gasteiger partial charge on any atom is 0.420 e. The van der Waals surface area contributed by atoms with E-state index in [0.29, 0.717) is 0 Å². The first-order valence-corrected chi connectivity index (χ1v) is 9.03. The molecule has 1 aliphatic carbocycles. The van der Waals surface area contributed by atoms with E-state index in [1.54, 1.807) is 0 Å². The molecule has 0 aliphatic heterocycles. The third-order valence-corrected chi connectivity index (χ3v) is 4.73. The number of nitrogens with one attached hydrogen (secondary N) is 1. The van der Waals surface area contributed by atoms with Crippen molar-refractivity contribution in [3.05, 3.63) is 41.0 Å². The van der Waals surface area contributed by atoms with Crippen molar-refractivity contribution in [2.75, 3.05) is 5.32 Å². The number of alkyl halides is 5. The minimum Gasteiger partial charge on any atom is -0.364 e. The number of rotatable bonds is 6. The molecule has 12 heteroatoms. The van der Waals surface area contributed by atoms with Crippen molar-refractivity contribution in [2.24, 2.45) is 11.7 Å². The van der Waals surface area contributed by atoms with Crippen molar-refractivity contribution in [1.82, 2.24) is 14.8 Å². The van der Waals surface area contributed by atoms with Gasteiger partial charge in [-0.15, -0.1) is 0 Å². The second-order valence-corrected chi connectivity index (χ2v) is 7.08. The van der Waals surface area contributed by atoms with E-state index in [2.05, 4.69) is 15.4 Å². The molecule has 30 heavy (non-hydrogen) atoms. The van der Waals surface area contributed by atoms with Crippen LogP contribution < -0.4 is 11.1 Å². The third-order valence-electron chi connectivity index (χ3n) is 4.73. The Balaban J connectivity index is 1.98. The van der Waals surface area contributed by atoms with E-state index in [0.717, 1.165) is 16.9 Å². The van der Waals surface area contributed by atoms with E-state index in [1.807, 2.05) is 0 Å². The van der Waals surface area contributed by atoms with Crippen LogP contribution in [0, 0.1) is 5.92 Å². The molecule has 2 aromatic heterocycles. The molecule has 0 bridgehead atoms. The molecule has 3 N–H and O–H groups in total. The van der Waals surface area contributed by atoms with Crippen molar-refractivity contribution in [1.29, 1.82) is 0 Å². The van der Waals surface area contributed by atoms with Gasteiger partial charge in [-0.2, -0.15) is 18.3 Å². The first kappa shape index (κ1) is 21.7. The molecule has 3 rings (SSSR count). The van der Waals surface area contributed by atoms with Crippen LogP contribution in [0.25, 0.3) is 0 Å². The summed E-state index contributed by atoms with van der Waals surface area (Å²) in [5.74, 6) is -5.48. The number of hydrogen-bond donors (Lipinski definition) is 2. The van der Waals surface area contributed by atoms with E-state index in [1.165, 1.54) is 13.0 Å². The third kappa shape index (κ3) is 4.41. The fourth-order valence-corrected chi connectivity index (χ4v) is 3.41. The van der Waals surface area contributed by atoms with Crippen LogP contribution in [-0.2, 0) is 19.1 Å². The van der Waals surface area contributed by atoms with Crippen LogP contribution in [0.1, 0.15) is 52.0 Å². The zero-order valence-corrected chi connectivity index (χ0v) is 15.8. The average molecular weight is 431 g/mol. The van der Waals surface area contributed by atoms with Crippen LogP contribution in [0.4, 0.5) is 27.6 Å². The predicted octanol–water partition coefficient (Wildman–Crippen LogP) is 3.26. The molecular weight excluding hydrogens is 413 g/mol. The number of nitrogens with two attached hydrogens (primary N) is 1. The summed E-state index contributed by atoms with van der Waals surface area (Å²) in [6.07, 6.45) is -4.79. The summed E-state index contributed by atoms with van der Waals surface area (Å²) in [7, 11) is 0. The molecule has 1 saturated carbocycles. The SMILES string of the molecule is CCc1nn(CC2CC(F)(F)C2)c(C(=O)Nc2ccnc(C(N)=O)c2)c1C(F)(F)F. The summed E-state index contributed by atoms with van der Waals surface area (Å²) in [6, 6.07) is 2.38. The molecule has 2 heterocycles. The van der Waals surface area contributed by atoms with E-state index < -0.39 is 53.9 Å². The fraction of sp³-hybridized carbons (Fsp3) is 0.444. The summed E-state index contributed by atoms with van der Waals surface area (Å²) in [6.45, 7) is 1.20. The van der Waals surface area contributed by atoms with Gasteiger partial charge in [0.2, 0.25) is 5.92 Å². The molecule has 1 fully saturated rings. The molecule has 7 nitrogen and oxygen atoms in total. The van der Waals surface area contributed by atoms with Crippen molar-refractivity contribution in [3.63, 3.8) is 0 Å². The van der Waals surface area contributed by atoms with Gasteiger partial charge in [0, 0.05) is 31.3 Å². The van der Waals surface area contributed by atoms with Gasteiger partial charge < -0.3 is 11.1 Å². The number of primary amides is 1. The van der Waals surface area contributed by atoms with Crippen molar-refractivity contribution < 1.29 is 31.5 Å². The molecule has 0 saturated heterocycles. The average Bonchev–Trinajstić information content (AvgIpc) is 2.99. The van der Waals surface area contributed by atoms with E-state index in [4.69, 9.17) is 5.73 Å². The zero-order valence-electron chi connectivity index (χ0n) is 15.8. The summed E-state index contributed by atoms with van der Waals surface area (Å²) in [4.78, 5) is 27.7. The lowest BCUT2D eigenvalue weighted by molar-refractivity contribution is -0.138. The zero-order chi connectivity index (χ0) is 22.3. The number of carbonyl (C=O) groups is 2. The molecule has 2 amide bonds. The molecule has 0 atom stereocenters. The number of halogens is 5. The second kappa shape index (κ2) is 7.65. The maximum atomic E-state index is 13.7. The van der Waals surface area contributed by atoms with Crippen LogP contribution in [-0.4, -0.2) is 32.5 Å². The predicted molar refractivity (Wildman–Crippen MR) is 95.0 cm³/mol. The van der Waals surface area contributed by atoms with Gasteiger partial charge >= 0.3 is 6.18 Å². The molecule has 0 spiro atoms. The Kier molecular flexibility index (Phi) is 5.52. The van der Waals surface area contributed by atoms with E-state index >= 15 is 0 Å². The van der Waals surface area contributed by atoms with Gasteiger partial charge in [0.15, 0.2) is 0 Å². The smallest absolute Gasteiger partial charge is 0.364 e. The number of aryl methyl sites for hydroxylation is 1. The number of amides is 2. The minimum absolute atomic E-state index is 0.00194. The number of hydrogen-bond acceptors (Lipinski definition) is 4. The second-order valence-electron chi connectivity index (χ2n) is 7.08. The summed E-state index contributed by atoms with van der Waals surface area (Å²) >= 11 is 0. The maximum absolute atomic E-state index is 13.7. The van der Waals surface area contributed by atoms with Gasteiger partial charge in [0.05, 0.1) is 5.69 Å². The molecule has 0 aromatic carbocycles. The Morgan fingerprint density at radius 1 is 1.33 bits per heavy atom. The van der Waals surface area contributed by atoms with Crippen LogP contribution in [0.15, 0.2) is 18.3 Å². The number of aromatic nitrogens is 3. The Bertz CT molecular complexity index is 978. The number of pyridine rings is 1. The lowest BCUT2D eigenvalue weighted by atomic mass is 9.81. The largest absolute Gasteiger partial charge is 0.420 e. The topological polar surface area (TPSA) is 103 Å². The molecule has 2 aromatic rings. The highest BCUT2D eigenvalue weighted by Crippen LogP contribution is 2.44. The summed E-state index contributed by atoms with van der Waals surface area (Å²) in [5.41, 5.74) is 2.58. The van der Waals surface area contributed by atoms with Gasteiger partial charge in [0.25, 0.3) is 11.8 Å². The number of anilines is 1. The highest BCUT2D eigenvalue weighted by molar-refractivity contribution is 6.05. The molecule has 162 valence electrons. The van der Waals surface area contributed by atoms with Gasteiger partial charge in [-0.25, -0.2) is 8.78 Å². The quantitative estimate of drug-likeness (QED) is 0.686. The van der Waals surface area contributed by atoms with E-state index in [-0.39, 0.29) is 30.0 Å². The van der Waals surface area contributed by atoms with Crippen LogP contribution in [0.3, 0.4) is 0 Å². The summed E-state index contributed by atoms with van der Waals surface area (Å²) < 4.78 is 68.3. The normalized spacial score (nSPS) is 16.2. The Hall–Kier alpha value is -3.05. The van der Waals surface area contributed by atoms with Gasteiger partial charge in [-0.3, -0.25) is 19.3 Å². The Morgan fingerprint density at radius 2 is 2.00 bits per heavy atom. The summed E-state index contributed by atoms with van der Waals surface area (Å²) in [5, 5.41) is 6.15. The molecular formula is C18H18F5N5O2. The molecule has 0 radical (unpaired) electrons. The highest BCUT2D eigenvalue weighted by Gasteiger charge is 2.47. The van der Waals surface area contributed by atoms with Crippen molar-refractivity contribution in [2.45, 2.75) is 44.8 Å². The van der Waals surface area contributed by atoms with Gasteiger partial charge in [0.1, 0.15) is 17.0 Å². The van der Waals surface area contributed by atoms with Crippen LogP contribution in [0.5, 0.6) is 0 Å². The van der Waals surface area contributed by atoms with Crippen molar-refractivity contribution >= 4 is 17.5 Å². The fourth-order valence-electron chi connectivity index (χ4n) is 3.41. The Morgan fingerprint density at radius 3 is 2.53 bits per heavy atom. The number of nitrogens with zero attached hydrogens (tertiary/aromatic N) is 3. The van der Waals surface area contributed by atoms with Crippen LogP contribution >= 0.6 is 0 Å². The first-order chi connectivity index (χ1) is 13.9. The van der Waals surface area contributed by atoms with E-state index in [9.17, 15) is 31.5 Å². The number of carbonyl (C=O) groups excluding carboxylic acids is 2. The first-order valence-electron chi connectivity index (χ1n) is 9.03. The highest BCUT2D eigenvalue weighted by atomic mass is 19.4. The lowest BCUT2D eigenvalue weighted by Crippen LogP contribution is -2.38. The standard InChI is InChI=1S/C18H18F5N5O2/c1-2-11-13(18(21,22)23)14(28(27-11)8-9-6-17(19,20)7-9)16(30)26-10-3-4-25-12(5-10)15(24)29/h3-5,9H,2,6-8H2,1H3,(H2,24,29)(H,25,26,30). The molecule has 0 unspecified atom stereocenters. The monoisotopic (exact) mass is 431 g/mol. The minimum atomic E-state index is -4.88.